The van der Waals surface area contributed by atoms with Crippen LogP contribution in [0.3, 0.4) is 0 Å². The third-order valence-corrected chi connectivity index (χ3v) is 4.83. The first-order valence-electron chi connectivity index (χ1n) is 9.77. The topological polar surface area (TPSA) is 56.7 Å². The van der Waals surface area contributed by atoms with Crippen molar-refractivity contribution < 1.29 is 4.79 Å². The van der Waals surface area contributed by atoms with E-state index in [4.69, 9.17) is 0 Å². The van der Waals surface area contributed by atoms with Gasteiger partial charge in [0, 0.05) is 39.6 Å². The highest BCUT2D eigenvalue weighted by Crippen LogP contribution is 2.21. The Morgan fingerprint density at radius 3 is 2.39 bits per heavy atom. The second kappa shape index (κ2) is 10.3. The Morgan fingerprint density at radius 2 is 1.75 bits per heavy atom. The molecule has 0 atom stereocenters. The van der Waals surface area contributed by atoms with Gasteiger partial charge in [0.25, 0.3) is 0 Å². The Labute approximate surface area is 167 Å². The Bertz CT molecular complexity index is 815. The molecule has 5 heteroatoms. The van der Waals surface area contributed by atoms with Gasteiger partial charge in [-0.1, -0.05) is 66.7 Å². The average Bonchev–Trinajstić information content (AvgIpc) is 2.77. The number of hydrogen-bond acceptors (Lipinski definition) is 2. The Balaban J connectivity index is 1.41. The minimum Gasteiger partial charge on any atom is -0.356 e. The van der Waals surface area contributed by atoms with Crippen LogP contribution in [0.2, 0.25) is 0 Å². The first-order valence-corrected chi connectivity index (χ1v) is 9.77. The van der Waals surface area contributed by atoms with Gasteiger partial charge in [-0.05, 0) is 23.1 Å². The number of aliphatic imine (C=N–C) groups is 1. The van der Waals surface area contributed by atoms with Gasteiger partial charge in [-0.2, -0.15) is 0 Å². The van der Waals surface area contributed by atoms with Crippen molar-refractivity contribution >= 4 is 17.4 Å². The molecule has 5 nitrogen and oxygen atoms in total. The van der Waals surface area contributed by atoms with Crippen molar-refractivity contribution in [1.82, 2.24) is 15.5 Å². The van der Waals surface area contributed by atoms with E-state index in [0.717, 1.165) is 31.0 Å². The van der Waals surface area contributed by atoms with Crippen LogP contribution >= 0.6 is 0 Å². The second-order valence-electron chi connectivity index (χ2n) is 6.78. The normalized spacial score (nSPS) is 14.4. The van der Waals surface area contributed by atoms with Gasteiger partial charge < -0.3 is 15.5 Å². The van der Waals surface area contributed by atoms with Crippen LogP contribution < -0.4 is 10.6 Å². The molecule has 0 bridgehead atoms. The summed E-state index contributed by atoms with van der Waals surface area (Å²) in [4.78, 5) is 18.6. The minimum atomic E-state index is 0.0386. The molecule has 0 radical (unpaired) electrons. The zero-order chi connectivity index (χ0) is 19.6. The maximum atomic E-state index is 12.0. The summed E-state index contributed by atoms with van der Waals surface area (Å²) >= 11 is 0. The number of guanidine groups is 1. The first-order chi connectivity index (χ1) is 13.8. The minimum absolute atomic E-state index is 0.0386. The number of nitrogens with one attached hydrogen (secondary N) is 2. The lowest BCUT2D eigenvalue weighted by Crippen LogP contribution is -2.44. The lowest BCUT2D eigenvalue weighted by atomic mass is 10.00. The number of amides is 1. The van der Waals surface area contributed by atoms with Gasteiger partial charge in [-0.3, -0.25) is 9.79 Å². The predicted molar refractivity (Wildman–Crippen MR) is 115 cm³/mol. The summed E-state index contributed by atoms with van der Waals surface area (Å²) in [7, 11) is 1.79. The molecular formula is C23H28N4O. The highest BCUT2D eigenvalue weighted by Gasteiger charge is 2.16. The largest absolute Gasteiger partial charge is 0.356 e. The van der Waals surface area contributed by atoms with Crippen LogP contribution in [0.4, 0.5) is 0 Å². The van der Waals surface area contributed by atoms with Crippen LogP contribution in [0, 0.1) is 0 Å². The molecule has 1 aliphatic rings. The highest BCUT2D eigenvalue weighted by molar-refractivity contribution is 5.82. The monoisotopic (exact) mass is 376 g/mol. The summed E-state index contributed by atoms with van der Waals surface area (Å²) in [5, 5.41) is 6.26. The highest BCUT2D eigenvalue weighted by atomic mass is 16.1. The quantitative estimate of drug-likeness (QED) is 0.602. The van der Waals surface area contributed by atoms with Crippen molar-refractivity contribution in [2.75, 3.05) is 26.7 Å². The number of benzene rings is 2. The summed E-state index contributed by atoms with van der Waals surface area (Å²) in [5.41, 5.74) is 3.78. The van der Waals surface area contributed by atoms with Gasteiger partial charge in [-0.25, -0.2) is 0 Å². The number of carbonyl (C=O) groups excluding carboxylic acids is 1. The maximum Gasteiger partial charge on any atom is 0.222 e. The van der Waals surface area contributed by atoms with Gasteiger partial charge in [0.05, 0.1) is 0 Å². The summed E-state index contributed by atoms with van der Waals surface area (Å²) < 4.78 is 0. The van der Waals surface area contributed by atoms with Gasteiger partial charge >= 0.3 is 0 Å². The van der Waals surface area contributed by atoms with Crippen molar-refractivity contribution in [1.29, 1.82) is 0 Å². The van der Waals surface area contributed by atoms with Crippen LogP contribution in [-0.4, -0.2) is 43.4 Å². The SMILES string of the molecule is CN=C(NCCC(=O)NCc1ccccc1)N1CC=C(c2ccccc2)CC1. The van der Waals surface area contributed by atoms with Crippen LogP contribution in [-0.2, 0) is 11.3 Å². The summed E-state index contributed by atoms with van der Waals surface area (Å²) in [5.74, 6) is 0.885. The van der Waals surface area contributed by atoms with E-state index in [2.05, 4.69) is 50.9 Å². The zero-order valence-corrected chi connectivity index (χ0v) is 16.4. The van der Waals surface area contributed by atoms with Gasteiger partial charge in [0.1, 0.15) is 0 Å². The third-order valence-electron chi connectivity index (χ3n) is 4.83. The van der Waals surface area contributed by atoms with Crippen molar-refractivity contribution in [3.8, 4) is 0 Å². The first kappa shape index (κ1) is 19.7. The molecule has 0 saturated heterocycles. The molecule has 0 saturated carbocycles. The molecule has 0 aromatic heterocycles. The Morgan fingerprint density at radius 1 is 1.04 bits per heavy atom. The molecule has 1 heterocycles. The molecule has 3 rings (SSSR count). The molecule has 0 fully saturated rings. The van der Waals surface area contributed by atoms with Crippen LogP contribution in [0.5, 0.6) is 0 Å². The number of carbonyl (C=O) groups is 1. The van der Waals surface area contributed by atoms with E-state index < -0.39 is 0 Å². The van der Waals surface area contributed by atoms with E-state index in [1.165, 1.54) is 11.1 Å². The van der Waals surface area contributed by atoms with Gasteiger partial charge in [0.2, 0.25) is 5.91 Å². The molecule has 146 valence electrons. The maximum absolute atomic E-state index is 12.0. The molecule has 1 aliphatic heterocycles. The van der Waals surface area contributed by atoms with Crippen molar-refractivity contribution in [2.45, 2.75) is 19.4 Å². The van der Waals surface area contributed by atoms with Crippen LogP contribution in [0.15, 0.2) is 71.7 Å². The number of rotatable bonds is 6. The molecule has 0 unspecified atom stereocenters. The van der Waals surface area contributed by atoms with E-state index in [9.17, 15) is 4.79 Å². The second-order valence-corrected chi connectivity index (χ2v) is 6.78. The van der Waals surface area contributed by atoms with Crippen molar-refractivity contribution in [2.24, 2.45) is 4.99 Å². The summed E-state index contributed by atoms with van der Waals surface area (Å²) in [6, 6.07) is 20.4. The van der Waals surface area contributed by atoms with E-state index >= 15 is 0 Å². The van der Waals surface area contributed by atoms with E-state index in [-0.39, 0.29) is 5.91 Å². The van der Waals surface area contributed by atoms with Crippen LogP contribution in [0.1, 0.15) is 24.0 Å². The summed E-state index contributed by atoms with van der Waals surface area (Å²) in [6.45, 7) is 2.87. The Hall–Kier alpha value is -3.08. The smallest absolute Gasteiger partial charge is 0.222 e. The van der Waals surface area contributed by atoms with E-state index in [1.54, 1.807) is 7.05 Å². The lowest BCUT2D eigenvalue weighted by molar-refractivity contribution is -0.121. The molecule has 0 aliphatic carbocycles. The predicted octanol–water partition coefficient (Wildman–Crippen LogP) is 3.06. The molecule has 28 heavy (non-hydrogen) atoms. The fourth-order valence-electron chi connectivity index (χ4n) is 3.28. The van der Waals surface area contributed by atoms with E-state index in [1.807, 2.05) is 36.4 Å². The average molecular weight is 377 g/mol. The standard InChI is InChI=1S/C23H28N4O/c1-24-23(25-15-12-22(28)26-18-19-8-4-2-5-9-19)27-16-13-21(14-17-27)20-10-6-3-7-11-20/h2-11,13H,12,14-18H2,1H3,(H,24,25)(H,26,28). The molecule has 0 spiro atoms. The fourth-order valence-corrected chi connectivity index (χ4v) is 3.28. The molecule has 1 amide bonds. The molecule has 2 aromatic carbocycles. The van der Waals surface area contributed by atoms with Crippen molar-refractivity contribution in [3.05, 3.63) is 77.9 Å². The zero-order valence-electron chi connectivity index (χ0n) is 16.4. The fraction of sp³-hybridized carbons (Fsp3) is 0.304. The Kier molecular flexibility index (Phi) is 7.24. The number of nitrogens with zero attached hydrogens (tertiary/aromatic N) is 2. The summed E-state index contributed by atoms with van der Waals surface area (Å²) in [6.07, 6.45) is 3.67. The van der Waals surface area contributed by atoms with Crippen LogP contribution in [0.25, 0.3) is 5.57 Å². The van der Waals surface area contributed by atoms with E-state index in [0.29, 0.717) is 19.5 Å². The molecular weight excluding hydrogens is 348 g/mol. The van der Waals surface area contributed by atoms with Gasteiger partial charge in [-0.15, -0.1) is 0 Å². The molecule has 2 N–H and O–H groups in total. The van der Waals surface area contributed by atoms with Gasteiger partial charge in [0.15, 0.2) is 5.96 Å². The number of hydrogen-bond donors (Lipinski definition) is 2. The lowest BCUT2D eigenvalue weighted by Gasteiger charge is -2.29. The van der Waals surface area contributed by atoms with Crippen molar-refractivity contribution in [3.63, 3.8) is 0 Å². The third kappa shape index (κ3) is 5.71. The molecule has 2 aromatic rings.